The zero-order chi connectivity index (χ0) is 17.5. The minimum Gasteiger partial charge on any atom is -0.481 e. The van der Waals surface area contributed by atoms with Gasteiger partial charge in [0.1, 0.15) is 16.6 Å². The Labute approximate surface area is 148 Å². The molecule has 0 bridgehead atoms. The summed E-state index contributed by atoms with van der Waals surface area (Å²) in [5, 5.41) is 11.4. The predicted octanol–water partition coefficient (Wildman–Crippen LogP) is 3.90. The fourth-order valence-electron chi connectivity index (χ4n) is 2.27. The molecule has 2 rings (SSSR count). The summed E-state index contributed by atoms with van der Waals surface area (Å²) in [6, 6.07) is 6.35. The SMILES string of the molecule is CSCC[C@H](CC(=O)Cc1csc(-c2ccccc2F)n1)C(=O)O. The quantitative estimate of drug-likeness (QED) is 0.728. The number of nitrogens with zero attached hydrogens (tertiary/aromatic N) is 1. The van der Waals surface area contributed by atoms with Crippen LogP contribution in [0, 0.1) is 11.7 Å². The largest absolute Gasteiger partial charge is 0.481 e. The van der Waals surface area contributed by atoms with E-state index in [0.29, 0.717) is 28.4 Å². The van der Waals surface area contributed by atoms with Gasteiger partial charge in [-0.2, -0.15) is 11.8 Å². The molecule has 2 aromatic rings. The summed E-state index contributed by atoms with van der Waals surface area (Å²) in [5.74, 6) is -1.41. The minimum absolute atomic E-state index is 0.00243. The van der Waals surface area contributed by atoms with Crippen molar-refractivity contribution in [2.24, 2.45) is 5.92 Å². The van der Waals surface area contributed by atoms with Gasteiger partial charge in [0.25, 0.3) is 0 Å². The van der Waals surface area contributed by atoms with Crippen LogP contribution in [-0.2, 0) is 16.0 Å². The molecular formula is C17H18FNO3S2. The molecule has 1 heterocycles. The van der Waals surface area contributed by atoms with Crippen molar-refractivity contribution in [3.05, 3.63) is 41.2 Å². The average molecular weight is 367 g/mol. The molecule has 1 N–H and O–H groups in total. The number of ketones is 1. The van der Waals surface area contributed by atoms with Crippen LogP contribution in [0.5, 0.6) is 0 Å². The van der Waals surface area contributed by atoms with Crippen LogP contribution in [0.15, 0.2) is 29.6 Å². The van der Waals surface area contributed by atoms with Crippen molar-refractivity contribution in [1.82, 2.24) is 4.98 Å². The smallest absolute Gasteiger partial charge is 0.306 e. The Morgan fingerprint density at radius 1 is 1.38 bits per heavy atom. The van der Waals surface area contributed by atoms with Gasteiger partial charge in [0, 0.05) is 23.8 Å². The topological polar surface area (TPSA) is 67.3 Å². The van der Waals surface area contributed by atoms with E-state index in [1.165, 1.54) is 17.4 Å². The number of aromatic nitrogens is 1. The Bertz CT molecular complexity index is 717. The van der Waals surface area contributed by atoms with Crippen molar-refractivity contribution >= 4 is 34.9 Å². The summed E-state index contributed by atoms with van der Waals surface area (Å²) < 4.78 is 13.8. The summed E-state index contributed by atoms with van der Waals surface area (Å²) in [5.41, 5.74) is 0.960. The number of hydrogen-bond acceptors (Lipinski definition) is 5. The van der Waals surface area contributed by atoms with E-state index < -0.39 is 11.9 Å². The van der Waals surface area contributed by atoms with E-state index >= 15 is 0 Å². The highest BCUT2D eigenvalue weighted by molar-refractivity contribution is 7.98. The van der Waals surface area contributed by atoms with E-state index in [9.17, 15) is 19.1 Å². The zero-order valence-electron chi connectivity index (χ0n) is 13.2. The van der Waals surface area contributed by atoms with Crippen molar-refractivity contribution in [3.8, 4) is 10.6 Å². The van der Waals surface area contributed by atoms with Gasteiger partial charge in [0.15, 0.2) is 0 Å². The van der Waals surface area contributed by atoms with E-state index in [2.05, 4.69) is 4.98 Å². The molecule has 0 aliphatic heterocycles. The Kier molecular flexibility index (Phi) is 6.93. The first kappa shape index (κ1) is 18.6. The van der Waals surface area contributed by atoms with E-state index in [0.717, 1.165) is 0 Å². The lowest BCUT2D eigenvalue weighted by Crippen LogP contribution is -2.19. The molecule has 0 spiro atoms. The normalized spacial score (nSPS) is 12.1. The van der Waals surface area contributed by atoms with Gasteiger partial charge >= 0.3 is 5.97 Å². The number of halogens is 1. The summed E-state index contributed by atoms with van der Waals surface area (Å²) in [6.07, 6.45) is 2.45. The number of Topliss-reactive ketones (excluding diaryl/α,β-unsaturated/α-hetero) is 1. The van der Waals surface area contributed by atoms with Crippen LogP contribution in [0.1, 0.15) is 18.5 Å². The number of benzene rings is 1. The molecule has 1 aromatic carbocycles. The summed E-state index contributed by atoms with van der Waals surface area (Å²) in [6.45, 7) is 0. The molecule has 1 aromatic heterocycles. The third-order valence-corrected chi connectivity index (χ3v) is 5.10. The van der Waals surface area contributed by atoms with Gasteiger partial charge < -0.3 is 5.11 Å². The standard InChI is InChI=1S/C17H18FNO3S2/c1-23-7-6-11(17(21)22)8-13(20)9-12-10-24-16(19-12)14-4-2-3-5-15(14)18/h2-5,10-11H,6-9H2,1H3,(H,21,22)/t11-/m1/s1. The van der Waals surface area contributed by atoms with E-state index in [1.807, 2.05) is 6.26 Å². The van der Waals surface area contributed by atoms with E-state index in [1.54, 1.807) is 35.3 Å². The molecule has 0 radical (unpaired) electrons. The summed E-state index contributed by atoms with van der Waals surface area (Å²) in [4.78, 5) is 27.6. The molecule has 0 fully saturated rings. The van der Waals surface area contributed by atoms with Gasteiger partial charge in [0.2, 0.25) is 0 Å². The lowest BCUT2D eigenvalue weighted by molar-refractivity contribution is -0.143. The molecule has 128 valence electrons. The van der Waals surface area contributed by atoms with Gasteiger partial charge in [-0.1, -0.05) is 12.1 Å². The predicted molar refractivity (Wildman–Crippen MR) is 95.0 cm³/mol. The fourth-order valence-corrected chi connectivity index (χ4v) is 3.63. The Hall–Kier alpha value is -1.73. The third kappa shape index (κ3) is 5.14. The number of hydrogen-bond donors (Lipinski definition) is 1. The number of carboxylic acids is 1. The summed E-state index contributed by atoms with van der Waals surface area (Å²) >= 11 is 2.83. The first-order valence-electron chi connectivity index (χ1n) is 7.44. The highest BCUT2D eigenvalue weighted by Crippen LogP contribution is 2.26. The highest BCUT2D eigenvalue weighted by Gasteiger charge is 2.21. The molecule has 24 heavy (non-hydrogen) atoms. The number of carbonyl (C=O) groups is 2. The molecule has 0 amide bonds. The van der Waals surface area contributed by atoms with Crippen LogP contribution in [0.3, 0.4) is 0 Å². The number of carbonyl (C=O) groups excluding carboxylic acids is 1. The van der Waals surface area contributed by atoms with Gasteiger partial charge in [-0.3, -0.25) is 9.59 Å². The van der Waals surface area contributed by atoms with E-state index in [-0.39, 0.29) is 24.4 Å². The maximum atomic E-state index is 13.8. The van der Waals surface area contributed by atoms with Gasteiger partial charge in [-0.15, -0.1) is 11.3 Å². The van der Waals surface area contributed by atoms with Crippen molar-refractivity contribution < 1.29 is 19.1 Å². The molecule has 7 heteroatoms. The average Bonchev–Trinajstić information content (AvgIpc) is 2.99. The highest BCUT2D eigenvalue weighted by atomic mass is 32.2. The number of rotatable bonds is 9. The van der Waals surface area contributed by atoms with E-state index in [4.69, 9.17) is 0 Å². The molecule has 4 nitrogen and oxygen atoms in total. The molecular weight excluding hydrogens is 349 g/mol. The maximum Gasteiger partial charge on any atom is 0.306 e. The second-order valence-electron chi connectivity index (χ2n) is 5.36. The lowest BCUT2D eigenvalue weighted by atomic mass is 9.98. The molecule has 0 unspecified atom stereocenters. The Morgan fingerprint density at radius 3 is 2.79 bits per heavy atom. The summed E-state index contributed by atoms with van der Waals surface area (Å²) in [7, 11) is 0. The minimum atomic E-state index is -0.942. The van der Waals surface area contributed by atoms with Gasteiger partial charge in [-0.25, -0.2) is 9.37 Å². The second-order valence-corrected chi connectivity index (χ2v) is 7.20. The monoisotopic (exact) mass is 367 g/mol. The van der Waals surface area contributed by atoms with Gasteiger partial charge in [-0.05, 0) is 30.6 Å². The van der Waals surface area contributed by atoms with Crippen LogP contribution < -0.4 is 0 Å². The van der Waals surface area contributed by atoms with Gasteiger partial charge in [0.05, 0.1) is 11.6 Å². The first-order chi connectivity index (χ1) is 11.5. The number of carboxylic acid groups (broad SMARTS) is 1. The van der Waals surface area contributed by atoms with Crippen molar-refractivity contribution in [2.75, 3.05) is 12.0 Å². The second kappa shape index (κ2) is 8.94. The Balaban J connectivity index is 2.00. The number of thiazole rings is 1. The Morgan fingerprint density at radius 2 is 2.12 bits per heavy atom. The van der Waals surface area contributed by atoms with Crippen molar-refractivity contribution in [1.29, 1.82) is 0 Å². The van der Waals surface area contributed by atoms with Crippen LogP contribution >= 0.6 is 23.1 Å². The van der Waals surface area contributed by atoms with Crippen LogP contribution in [-0.4, -0.2) is 33.9 Å². The zero-order valence-corrected chi connectivity index (χ0v) is 14.8. The van der Waals surface area contributed by atoms with Crippen LogP contribution in [0.4, 0.5) is 4.39 Å². The molecule has 0 aliphatic carbocycles. The van der Waals surface area contributed by atoms with Crippen LogP contribution in [0.25, 0.3) is 10.6 Å². The maximum absolute atomic E-state index is 13.8. The van der Waals surface area contributed by atoms with Crippen LogP contribution in [0.2, 0.25) is 0 Å². The van der Waals surface area contributed by atoms with Crippen molar-refractivity contribution in [3.63, 3.8) is 0 Å². The number of aliphatic carboxylic acids is 1. The fraction of sp³-hybridized carbons (Fsp3) is 0.353. The molecule has 1 atom stereocenters. The number of thioether (sulfide) groups is 1. The first-order valence-corrected chi connectivity index (χ1v) is 9.71. The molecule has 0 aliphatic rings. The molecule has 0 saturated carbocycles. The lowest BCUT2D eigenvalue weighted by Gasteiger charge is -2.10. The third-order valence-electron chi connectivity index (χ3n) is 3.53. The molecule has 0 saturated heterocycles. The van der Waals surface area contributed by atoms with Crippen molar-refractivity contribution in [2.45, 2.75) is 19.3 Å².